The average Bonchev–Trinajstić information content (AvgIpc) is 3.48. The van der Waals surface area contributed by atoms with Gasteiger partial charge in [-0.15, -0.1) is 0 Å². The molecule has 2 N–H and O–H groups in total. The van der Waals surface area contributed by atoms with Gasteiger partial charge >= 0.3 is 0 Å². The monoisotopic (exact) mass is 479 g/mol. The summed E-state index contributed by atoms with van der Waals surface area (Å²) in [5.41, 5.74) is 2.17. The van der Waals surface area contributed by atoms with Gasteiger partial charge in [0, 0.05) is 42.0 Å². The summed E-state index contributed by atoms with van der Waals surface area (Å²) in [6.07, 6.45) is 2.35. The maximum atomic E-state index is 13.2. The lowest BCUT2D eigenvalue weighted by molar-refractivity contribution is -0.134. The summed E-state index contributed by atoms with van der Waals surface area (Å²) < 4.78 is 33.3. The number of para-hydroxylation sites is 1. The number of hydrogen-bond acceptors (Lipinski definition) is 7. The molecule has 0 bridgehead atoms. The molecule has 3 aromatic rings. The number of ether oxygens (including phenoxy) is 1. The molecule has 0 saturated carbocycles. The first kappa shape index (κ1) is 23.2. The molecule has 4 rings (SSSR count). The Bertz CT molecular complexity index is 1080. The fourth-order valence-electron chi connectivity index (χ4n) is 3.66. The molecule has 12 heteroatoms. The van der Waals surface area contributed by atoms with Crippen LogP contribution in [-0.4, -0.2) is 66.2 Å². The molecular weight excluding hydrogens is 456 g/mol. The second-order valence-corrected chi connectivity index (χ2v) is 8.45. The number of alkyl halides is 2. The van der Waals surface area contributed by atoms with Gasteiger partial charge in [0.25, 0.3) is 6.43 Å². The molecule has 0 fully saturated rings. The molecule has 1 aromatic carbocycles. The third-order valence-electron chi connectivity index (χ3n) is 5.13. The van der Waals surface area contributed by atoms with Crippen LogP contribution >= 0.6 is 11.9 Å². The minimum Gasteiger partial charge on any atom is -0.491 e. The summed E-state index contributed by atoms with van der Waals surface area (Å²) in [6, 6.07) is 6.95. The van der Waals surface area contributed by atoms with E-state index < -0.39 is 18.9 Å². The van der Waals surface area contributed by atoms with Gasteiger partial charge in [0.15, 0.2) is 0 Å². The highest BCUT2D eigenvalue weighted by Gasteiger charge is 2.33. The molecule has 176 valence electrons. The lowest BCUT2D eigenvalue weighted by Gasteiger charge is -2.23. The SMILES string of the molecule is O=C(C(CO)c1ccccc1OCCO)N1Cc2cn(Sc3cnn(CC(F)F)c3)nc2C1. The number of carbonyl (C=O) groups excluding carboxylic acids is 1. The van der Waals surface area contributed by atoms with Crippen molar-refractivity contribution in [2.24, 2.45) is 0 Å². The van der Waals surface area contributed by atoms with E-state index in [1.165, 1.54) is 29.0 Å². The number of fused-ring (bicyclic) bond motifs is 1. The molecule has 9 nitrogen and oxygen atoms in total. The maximum Gasteiger partial charge on any atom is 0.257 e. The molecule has 1 amide bonds. The summed E-state index contributed by atoms with van der Waals surface area (Å²) in [4.78, 5) is 15.5. The Morgan fingerprint density at radius 3 is 2.76 bits per heavy atom. The standard InChI is InChI=1S/C21H23F2N5O4S/c22-20(23)12-27-10-15(7-24-27)33-28-9-14-8-26(11-18(14)25-28)21(31)17(13-30)16-3-1-2-4-19(16)32-6-5-29/h1-4,7,9-10,17,20,29-30H,5-6,8,11-13H2. The highest BCUT2D eigenvalue weighted by atomic mass is 32.2. The van der Waals surface area contributed by atoms with E-state index in [1.54, 1.807) is 39.4 Å². The van der Waals surface area contributed by atoms with E-state index in [4.69, 9.17) is 9.84 Å². The van der Waals surface area contributed by atoms with Gasteiger partial charge in [-0.1, -0.05) is 18.2 Å². The number of aliphatic hydroxyl groups excluding tert-OH is 2. The molecule has 1 atom stereocenters. The van der Waals surface area contributed by atoms with Crippen LogP contribution in [0.25, 0.3) is 0 Å². The van der Waals surface area contributed by atoms with Crippen LogP contribution in [0, 0.1) is 0 Å². The topological polar surface area (TPSA) is 106 Å². The van der Waals surface area contributed by atoms with Gasteiger partial charge in [-0.2, -0.15) is 10.2 Å². The highest BCUT2D eigenvalue weighted by Crippen LogP contribution is 2.32. The van der Waals surface area contributed by atoms with Crippen LogP contribution in [0.4, 0.5) is 8.78 Å². The van der Waals surface area contributed by atoms with E-state index in [-0.39, 0.29) is 25.7 Å². The third kappa shape index (κ3) is 5.34. The van der Waals surface area contributed by atoms with Crippen molar-refractivity contribution in [3.8, 4) is 5.75 Å². The number of hydrogen-bond donors (Lipinski definition) is 2. The fraction of sp³-hybridized carbons (Fsp3) is 0.381. The van der Waals surface area contributed by atoms with Crippen molar-refractivity contribution >= 4 is 17.9 Å². The van der Waals surface area contributed by atoms with Gasteiger partial charge in [-0.05, 0) is 6.07 Å². The van der Waals surface area contributed by atoms with Crippen molar-refractivity contribution in [2.75, 3.05) is 19.8 Å². The van der Waals surface area contributed by atoms with Crippen LogP contribution in [0.5, 0.6) is 5.75 Å². The largest absolute Gasteiger partial charge is 0.491 e. The van der Waals surface area contributed by atoms with Crippen molar-refractivity contribution in [1.82, 2.24) is 23.9 Å². The number of rotatable bonds is 10. The van der Waals surface area contributed by atoms with E-state index in [2.05, 4.69) is 10.2 Å². The Balaban J connectivity index is 1.42. The van der Waals surface area contributed by atoms with Crippen LogP contribution in [0.15, 0.2) is 47.8 Å². The Labute approximate surface area is 192 Å². The third-order valence-corrected chi connectivity index (χ3v) is 5.92. The van der Waals surface area contributed by atoms with Gasteiger partial charge in [0.05, 0.1) is 42.5 Å². The Hall–Kier alpha value is -2.96. The zero-order valence-corrected chi connectivity index (χ0v) is 18.4. The first-order valence-corrected chi connectivity index (χ1v) is 11.0. The van der Waals surface area contributed by atoms with Gasteiger partial charge in [0.2, 0.25) is 5.91 Å². The lowest BCUT2D eigenvalue weighted by Crippen LogP contribution is -2.33. The van der Waals surface area contributed by atoms with Crippen LogP contribution in [0.3, 0.4) is 0 Å². The van der Waals surface area contributed by atoms with E-state index in [0.29, 0.717) is 29.3 Å². The summed E-state index contributed by atoms with van der Waals surface area (Å²) in [5.74, 6) is -0.598. The van der Waals surface area contributed by atoms with Crippen molar-refractivity contribution < 1.29 is 28.5 Å². The van der Waals surface area contributed by atoms with Crippen LogP contribution in [0.1, 0.15) is 22.7 Å². The summed E-state index contributed by atoms with van der Waals surface area (Å²) >= 11 is 1.24. The van der Waals surface area contributed by atoms with E-state index >= 15 is 0 Å². The molecule has 2 aromatic heterocycles. The van der Waals surface area contributed by atoms with Crippen LogP contribution in [0.2, 0.25) is 0 Å². The van der Waals surface area contributed by atoms with Gasteiger partial charge in [-0.3, -0.25) is 9.48 Å². The van der Waals surface area contributed by atoms with Crippen molar-refractivity contribution in [3.63, 3.8) is 0 Å². The van der Waals surface area contributed by atoms with E-state index in [9.17, 15) is 18.7 Å². The first-order valence-electron chi connectivity index (χ1n) is 10.3. The predicted molar refractivity (Wildman–Crippen MR) is 115 cm³/mol. The van der Waals surface area contributed by atoms with Gasteiger partial charge in [-0.25, -0.2) is 12.9 Å². The summed E-state index contributed by atoms with van der Waals surface area (Å²) in [6.45, 7) is -0.282. The molecule has 33 heavy (non-hydrogen) atoms. The molecule has 1 unspecified atom stereocenters. The zero-order chi connectivity index (χ0) is 23.4. The Morgan fingerprint density at radius 1 is 1.21 bits per heavy atom. The minimum atomic E-state index is -2.48. The number of aliphatic hydroxyl groups is 2. The molecule has 3 heterocycles. The highest BCUT2D eigenvalue weighted by molar-refractivity contribution is 7.97. The molecule has 0 radical (unpaired) electrons. The van der Waals surface area contributed by atoms with Crippen molar-refractivity contribution in [2.45, 2.75) is 36.9 Å². The number of aromatic nitrogens is 4. The van der Waals surface area contributed by atoms with Crippen molar-refractivity contribution in [3.05, 3.63) is 59.7 Å². The number of halogens is 2. The van der Waals surface area contributed by atoms with Crippen LogP contribution in [-0.2, 0) is 24.4 Å². The quantitative estimate of drug-likeness (QED) is 0.458. The number of nitrogens with zero attached hydrogens (tertiary/aromatic N) is 5. The smallest absolute Gasteiger partial charge is 0.257 e. The number of carbonyl (C=O) groups is 1. The Kier molecular flexibility index (Phi) is 7.26. The van der Waals surface area contributed by atoms with E-state index in [1.807, 2.05) is 0 Å². The lowest BCUT2D eigenvalue weighted by atomic mass is 9.97. The van der Waals surface area contributed by atoms with Crippen molar-refractivity contribution in [1.29, 1.82) is 0 Å². The second kappa shape index (κ2) is 10.3. The zero-order valence-electron chi connectivity index (χ0n) is 17.5. The Morgan fingerprint density at radius 2 is 2.03 bits per heavy atom. The molecule has 0 saturated heterocycles. The number of amides is 1. The maximum absolute atomic E-state index is 13.2. The molecule has 1 aliphatic heterocycles. The van der Waals surface area contributed by atoms with Gasteiger partial charge < -0.3 is 19.8 Å². The minimum absolute atomic E-state index is 0.0886. The van der Waals surface area contributed by atoms with E-state index in [0.717, 1.165) is 11.3 Å². The molecule has 0 aliphatic carbocycles. The molecule has 0 spiro atoms. The first-order chi connectivity index (χ1) is 16.0. The van der Waals surface area contributed by atoms with Crippen LogP contribution < -0.4 is 4.74 Å². The fourth-order valence-corrected chi connectivity index (χ4v) is 4.45. The molecule has 1 aliphatic rings. The normalized spacial score (nSPS) is 14.0. The second-order valence-electron chi connectivity index (χ2n) is 7.42. The van der Waals surface area contributed by atoms with Gasteiger partial charge in [0.1, 0.15) is 18.9 Å². The predicted octanol–water partition coefficient (Wildman–Crippen LogP) is 1.89. The summed E-state index contributed by atoms with van der Waals surface area (Å²) in [7, 11) is 0. The number of benzene rings is 1. The summed E-state index contributed by atoms with van der Waals surface area (Å²) in [5, 5.41) is 27.4. The molecular formula is C21H23F2N5O4S. The average molecular weight is 480 g/mol.